The van der Waals surface area contributed by atoms with Gasteiger partial charge in [-0.1, -0.05) is 0 Å². The van der Waals surface area contributed by atoms with Crippen LogP contribution >= 0.6 is 11.3 Å². The number of thiazole rings is 1. The Morgan fingerprint density at radius 1 is 1.30 bits per heavy atom. The van der Waals surface area contributed by atoms with Crippen LogP contribution in [0.4, 0.5) is 10.8 Å². The third kappa shape index (κ3) is 3.68. The first-order valence-electron chi connectivity index (χ1n) is 5.45. The molecule has 0 radical (unpaired) electrons. The zero-order chi connectivity index (χ0) is 14.6. The van der Waals surface area contributed by atoms with Crippen molar-refractivity contribution in [1.82, 2.24) is 4.98 Å². The highest BCUT2D eigenvalue weighted by atomic mass is 32.2. The van der Waals surface area contributed by atoms with Gasteiger partial charge in [-0.25, -0.2) is 13.4 Å². The summed E-state index contributed by atoms with van der Waals surface area (Å²) in [6, 6.07) is 5.78. The SMILES string of the molecule is O=C(O)CNc1ccc(S(=O)(=O)Nc2nccs2)cc1. The van der Waals surface area contributed by atoms with Crippen molar-refractivity contribution < 1.29 is 18.3 Å². The number of hydrogen-bond acceptors (Lipinski definition) is 6. The predicted molar refractivity (Wildman–Crippen MR) is 75.5 cm³/mol. The summed E-state index contributed by atoms with van der Waals surface area (Å²) >= 11 is 1.18. The topological polar surface area (TPSA) is 108 Å². The number of nitrogens with zero attached hydrogens (tertiary/aromatic N) is 1. The van der Waals surface area contributed by atoms with E-state index in [-0.39, 0.29) is 16.6 Å². The maximum atomic E-state index is 12.0. The lowest BCUT2D eigenvalue weighted by Gasteiger charge is -2.07. The maximum absolute atomic E-state index is 12.0. The van der Waals surface area contributed by atoms with E-state index in [0.29, 0.717) is 5.69 Å². The molecule has 2 rings (SSSR count). The maximum Gasteiger partial charge on any atom is 0.322 e. The average Bonchev–Trinajstić information content (AvgIpc) is 2.89. The first kappa shape index (κ1) is 14.3. The number of rotatable bonds is 6. The summed E-state index contributed by atoms with van der Waals surface area (Å²) in [5.41, 5.74) is 0.528. The van der Waals surface area contributed by atoms with Crippen LogP contribution < -0.4 is 10.0 Å². The quantitative estimate of drug-likeness (QED) is 0.744. The molecule has 1 aromatic carbocycles. The predicted octanol–water partition coefficient (Wildman–Crippen LogP) is 1.44. The normalized spacial score (nSPS) is 11.0. The van der Waals surface area contributed by atoms with Crippen LogP contribution in [-0.4, -0.2) is 31.0 Å². The molecule has 2 aromatic rings. The lowest BCUT2D eigenvalue weighted by molar-refractivity contribution is -0.134. The summed E-state index contributed by atoms with van der Waals surface area (Å²) in [4.78, 5) is 14.3. The van der Waals surface area contributed by atoms with Gasteiger partial charge in [0.25, 0.3) is 10.0 Å². The van der Waals surface area contributed by atoms with E-state index in [4.69, 9.17) is 5.11 Å². The molecular weight excluding hydrogens is 302 g/mol. The minimum absolute atomic E-state index is 0.0774. The number of aromatic nitrogens is 1. The zero-order valence-electron chi connectivity index (χ0n) is 10.1. The van der Waals surface area contributed by atoms with Gasteiger partial charge in [-0.3, -0.25) is 9.52 Å². The molecule has 3 N–H and O–H groups in total. The molecule has 9 heteroatoms. The van der Waals surface area contributed by atoms with Gasteiger partial charge in [0.15, 0.2) is 5.13 Å². The van der Waals surface area contributed by atoms with Crippen LogP contribution in [-0.2, 0) is 14.8 Å². The number of sulfonamides is 1. The summed E-state index contributed by atoms with van der Waals surface area (Å²) in [6.45, 7) is -0.233. The molecule has 0 aliphatic rings. The number of hydrogen-bond donors (Lipinski definition) is 3. The highest BCUT2D eigenvalue weighted by Crippen LogP contribution is 2.19. The summed E-state index contributed by atoms with van der Waals surface area (Å²) in [5, 5.41) is 13.1. The lowest BCUT2D eigenvalue weighted by Crippen LogP contribution is -2.14. The van der Waals surface area contributed by atoms with E-state index in [1.807, 2.05) is 0 Å². The molecule has 0 atom stereocenters. The van der Waals surface area contributed by atoms with E-state index in [1.54, 1.807) is 5.38 Å². The monoisotopic (exact) mass is 313 g/mol. The van der Waals surface area contributed by atoms with E-state index in [2.05, 4.69) is 15.0 Å². The van der Waals surface area contributed by atoms with Gasteiger partial charge in [-0.05, 0) is 24.3 Å². The van der Waals surface area contributed by atoms with Crippen molar-refractivity contribution >= 4 is 38.1 Å². The molecular formula is C11H11N3O4S2. The fraction of sp³-hybridized carbons (Fsp3) is 0.0909. The summed E-state index contributed by atoms with van der Waals surface area (Å²) in [5.74, 6) is -0.993. The fourth-order valence-electron chi connectivity index (χ4n) is 1.38. The van der Waals surface area contributed by atoms with Crippen LogP contribution in [0.1, 0.15) is 0 Å². The van der Waals surface area contributed by atoms with Gasteiger partial charge in [0.1, 0.15) is 6.54 Å². The minimum Gasteiger partial charge on any atom is -0.480 e. The Bertz CT molecular complexity index is 681. The van der Waals surface area contributed by atoms with Crippen LogP contribution in [0.2, 0.25) is 0 Å². The van der Waals surface area contributed by atoms with Crippen molar-refractivity contribution in [3.8, 4) is 0 Å². The fourth-order valence-corrected chi connectivity index (χ4v) is 3.17. The van der Waals surface area contributed by atoms with Gasteiger partial charge >= 0.3 is 5.97 Å². The standard InChI is InChI=1S/C11H11N3O4S2/c15-10(16)7-13-8-1-3-9(4-2-8)20(17,18)14-11-12-5-6-19-11/h1-6,13H,7H2,(H,12,14)(H,15,16). The number of anilines is 2. The number of carboxylic acid groups (broad SMARTS) is 1. The molecule has 20 heavy (non-hydrogen) atoms. The molecule has 0 aliphatic carbocycles. The second-order valence-corrected chi connectivity index (χ2v) is 6.29. The molecule has 0 fully saturated rings. The Morgan fingerprint density at radius 3 is 2.55 bits per heavy atom. The van der Waals surface area contributed by atoms with E-state index in [1.165, 1.54) is 41.8 Å². The lowest BCUT2D eigenvalue weighted by atomic mass is 10.3. The first-order valence-corrected chi connectivity index (χ1v) is 7.82. The summed E-state index contributed by atoms with van der Waals surface area (Å²) in [7, 11) is -3.68. The Morgan fingerprint density at radius 2 is 2.00 bits per heavy atom. The molecule has 0 spiro atoms. The van der Waals surface area contributed by atoms with Crippen LogP contribution in [0, 0.1) is 0 Å². The number of nitrogens with one attached hydrogen (secondary N) is 2. The largest absolute Gasteiger partial charge is 0.480 e. The van der Waals surface area contributed by atoms with Crippen LogP contribution in [0.15, 0.2) is 40.7 Å². The number of aliphatic carboxylic acids is 1. The molecule has 0 aliphatic heterocycles. The minimum atomic E-state index is -3.68. The van der Waals surface area contributed by atoms with Gasteiger partial charge in [0.05, 0.1) is 4.90 Å². The Kier molecular flexibility index (Phi) is 4.20. The van der Waals surface area contributed by atoms with Gasteiger partial charge in [-0.15, -0.1) is 11.3 Å². The van der Waals surface area contributed by atoms with Crippen molar-refractivity contribution in [2.45, 2.75) is 4.90 Å². The third-order valence-corrected chi connectivity index (χ3v) is 4.43. The molecule has 1 heterocycles. The van der Waals surface area contributed by atoms with E-state index >= 15 is 0 Å². The smallest absolute Gasteiger partial charge is 0.322 e. The van der Waals surface area contributed by atoms with E-state index in [0.717, 1.165) is 0 Å². The van der Waals surface area contributed by atoms with Crippen molar-refractivity contribution in [2.24, 2.45) is 0 Å². The number of carbonyl (C=O) groups is 1. The van der Waals surface area contributed by atoms with Crippen LogP contribution in [0.25, 0.3) is 0 Å². The molecule has 0 bridgehead atoms. The molecule has 0 saturated heterocycles. The molecule has 106 valence electrons. The highest BCUT2D eigenvalue weighted by molar-refractivity contribution is 7.93. The Labute approximate surface area is 119 Å². The van der Waals surface area contributed by atoms with Gasteiger partial charge in [-0.2, -0.15) is 0 Å². The third-order valence-electron chi connectivity index (χ3n) is 2.26. The molecule has 1 aromatic heterocycles. The highest BCUT2D eigenvalue weighted by Gasteiger charge is 2.15. The van der Waals surface area contributed by atoms with E-state index in [9.17, 15) is 13.2 Å². The van der Waals surface area contributed by atoms with Crippen molar-refractivity contribution in [1.29, 1.82) is 0 Å². The molecule has 0 saturated carbocycles. The second kappa shape index (κ2) is 5.88. The molecule has 0 unspecified atom stereocenters. The van der Waals surface area contributed by atoms with E-state index < -0.39 is 16.0 Å². The van der Waals surface area contributed by atoms with Crippen LogP contribution in [0.3, 0.4) is 0 Å². The van der Waals surface area contributed by atoms with Crippen molar-refractivity contribution in [2.75, 3.05) is 16.6 Å². The van der Waals surface area contributed by atoms with Crippen molar-refractivity contribution in [3.05, 3.63) is 35.8 Å². The number of benzene rings is 1. The second-order valence-electron chi connectivity index (χ2n) is 3.71. The van der Waals surface area contributed by atoms with Gasteiger partial charge < -0.3 is 10.4 Å². The van der Waals surface area contributed by atoms with Crippen molar-refractivity contribution in [3.63, 3.8) is 0 Å². The summed E-state index contributed by atoms with van der Waals surface area (Å²) < 4.78 is 26.4. The van der Waals surface area contributed by atoms with Gasteiger partial charge in [0.2, 0.25) is 0 Å². The zero-order valence-corrected chi connectivity index (χ0v) is 11.7. The van der Waals surface area contributed by atoms with Crippen LogP contribution in [0.5, 0.6) is 0 Å². The number of carboxylic acids is 1. The summed E-state index contributed by atoms with van der Waals surface area (Å²) in [6.07, 6.45) is 1.50. The first-order chi connectivity index (χ1) is 9.47. The Hall–Kier alpha value is -2.13. The molecule has 0 amide bonds. The Balaban J connectivity index is 2.10. The molecule has 7 nitrogen and oxygen atoms in total. The average molecular weight is 313 g/mol. The van der Waals surface area contributed by atoms with Gasteiger partial charge in [0, 0.05) is 17.3 Å².